The van der Waals surface area contributed by atoms with Crippen molar-refractivity contribution in [2.45, 2.75) is 13.8 Å². The molecule has 0 spiro atoms. The van der Waals surface area contributed by atoms with Crippen LogP contribution in [0.5, 0.6) is 0 Å². The molecule has 0 aliphatic rings. The summed E-state index contributed by atoms with van der Waals surface area (Å²) in [5.74, 6) is -0.997. The fraction of sp³-hybridized carbons (Fsp3) is 0.167. The van der Waals surface area contributed by atoms with Gasteiger partial charge in [-0.15, -0.1) is 0 Å². The second kappa shape index (κ2) is 4.45. The summed E-state index contributed by atoms with van der Waals surface area (Å²) in [5, 5.41) is 13.2. The second-order valence-corrected chi connectivity index (χ2v) is 4.77. The van der Waals surface area contributed by atoms with E-state index in [1.54, 1.807) is 10.7 Å². The topological polar surface area (TPSA) is 81.1 Å². The fourth-order valence-corrected chi connectivity index (χ4v) is 1.99. The van der Waals surface area contributed by atoms with Crippen molar-refractivity contribution in [2.75, 3.05) is 5.73 Å². The predicted octanol–water partition coefficient (Wildman–Crippen LogP) is 2.53. The quantitative estimate of drug-likeness (QED) is 0.835. The van der Waals surface area contributed by atoms with Gasteiger partial charge in [-0.1, -0.05) is 0 Å². The summed E-state index contributed by atoms with van der Waals surface area (Å²) in [6, 6.07) is 4.60. The van der Waals surface area contributed by atoms with E-state index < -0.39 is 5.97 Å². The summed E-state index contributed by atoms with van der Waals surface area (Å²) in [4.78, 5) is 10.8. The lowest BCUT2D eigenvalue weighted by atomic mass is 10.1. The van der Waals surface area contributed by atoms with Crippen LogP contribution >= 0.6 is 15.9 Å². The molecule has 18 heavy (non-hydrogen) atoms. The average molecular weight is 310 g/mol. The van der Waals surface area contributed by atoms with Crippen molar-refractivity contribution in [1.82, 2.24) is 9.78 Å². The van der Waals surface area contributed by atoms with E-state index in [1.165, 1.54) is 12.1 Å². The number of nitrogen functional groups attached to an aromatic ring is 1. The number of halogens is 1. The molecule has 0 bridgehead atoms. The fourth-order valence-electron chi connectivity index (χ4n) is 1.74. The first-order valence-electron chi connectivity index (χ1n) is 5.26. The van der Waals surface area contributed by atoms with Crippen LogP contribution in [-0.2, 0) is 0 Å². The monoisotopic (exact) mass is 309 g/mol. The number of anilines is 1. The molecule has 0 fully saturated rings. The van der Waals surface area contributed by atoms with Gasteiger partial charge < -0.3 is 10.8 Å². The SMILES string of the molecule is Cc1nn(-c2ccc(C(=O)O)cc2N)c(C)c1Br. The number of hydrogen-bond donors (Lipinski definition) is 2. The van der Waals surface area contributed by atoms with E-state index in [0.29, 0.717) is 11.4 Å². The number of aromatic carboxylic acids is 1. The molecule has 6 heteroatoms. The molecule has 0 saturated carbocycles. The van der Waals surface area contributed by atoms with Gasteiger partial charge in [0.15, 0.2) is 0 Å². The van der Waals surface area contributed by atoms with E-state index in [0.717, 1.165) is 15.9 Å². The van der Waals surface area contributed by atoms with Gasteiger partial charge in [0.05, 0.1) is 32.8 Å². The molecular formula is C12H12BrN3O2. The Morgan fingerprint density at radius 1 is 1.44 bits per heavy atom. The normalized spacial score (nSPS) is 10.6. The van der Waals surface area contributed by atoms with E-state index in [-0.39, 0.29) is 5.56 Å². The first kappa shape index (κ1) is 12.6. The third-order valence-corrected chi connectivity index (χ3v) is 3.85. The smallest absolute Gasteiger partial charge is 0.335 e. The van der Waals surface area contributed by atoms with Crippen LogP contribution < -0.4 is 5.73 Å². The number of nitrogens with zero attached hydrogens (tertiary/aromatic N) is 2. The average Bonchev–Trinajstić information content (AvgIpc) is 2.57. The van der Waals surface area contributed by atoms with E-state index >= 15 is 0 Å². The van der Waals surface area contributed by atoms with Crippen LogP contribution in [0.1, 0.15) is 21.7 Å². The Morgan fingerprint density at radius 3 is 2.56 bits per heavy atom. The Labute approximate surface area is 112 Å². The van der Waals surface area contributed by atoms with Gasteiger partial charge in [0.1, 0.15) is 0 Å². The molecule has 2 rings (SSSR count). The summed E-state index contributed by atoms with van der Waals surface area (Å²) in [5.41, 5.74) is 8.87. The van der Waals surface area contributed by atoms with Crippen LogP contribution in [0.25, 0.3) is 5.69 Å². The number of carboxylic acids is 1. The maximum absolute atomic E-state index is 10.8. The van der Waals surface area contributed by atoms with Crippen LogP contribution in [0.4, 0.5) is 5.69 Å². The Hall–Kier alpha value is -1.82. The highest BCUT2D eigenvalue weighted by Gasteiger charge is 2.13. The van der Waals surface area contributed by atoms with E-state index in [9.17, 15) is 4.79 Å². The Balaban J connectivity index is 2.58. The van der Waals surface area contributed by atoms with Crippen molar-refractivity contribution in [3.8, 4) is 5.69 Å². The van der Waals surface area contributed by atoms with Crippen LogP contribution in [0, 0.1) is 13.8 Å². The Morgan fingerprint density at radius 2 is 2.11 bits per heavy atom. The van der Waals surface area contributed by atoms with Crippen molar-refractivity contribution in [3.63, 3.8) is 0 Å². The zero-order valence-electron chi connectivity index (χ0n) is 9.94. The lowest BCUT2D eigenvalue weighted by molar-refractivity contribution is 0.0697. The highest BCUT2D eigenvalue weighted by Crippen LogP contribution is 2.26. The molecule has 0 unspecified atom stereocenters. The molecule has 0 aliphatic heterocycles. The number of nitrogens with two attached hydrogens (primary N) is 1. The first-order valence-corrected chi connectivity index (χ1v) is 6.06. The Kier molecular flexibility index (Phi) is 3.13. The van der Waals surface area contributed by atoms with Crippen LogP contribution in [0.2, 0.25) is 0 Å². The van der Waals surface area contributed by atoms with Gasteiger partial charge in [0, 0.05) is 0 Å². The number of aryl methyl sites for hydroxylation is 1. The molecule has 0 atom stereocenters. The standard InChI is InChI=1S/C12H12BrN3O2/c1-6-11(13)7(2)16(15-6)10-4-3-8(12(17)18)5-9(10)14/h3-5H,14H2,1-2H3,(H,17,18). The van der Waals surface area contributed by atoms with Gasteiger partial charge in [0.25, 0.3) is 0 Å². The maximum Gasteiger partial charge on any atom is 0.335 e. The van der Waals surface area contributed by atoms with Gasteiger partial charge in [-0.2, -0.15) is 5.10 Å². The third-order valence-electron chi connectivity index (χ3n) is 2.71. The molecule has 0 amide bonds. The first-order chi connectivity index (χ1) is 8.41. The summed E-state index contributed by atoms with van der Waals surface area (Å²) in [6.45, 7) is 3.80. The number of rotatable bonds is 2. The molecule has 0 aliphatic carbocycles. The van der Waals surface area contributed by atoms with Crippen molar-refractivity contribution in [1.29, 1.82) is 0 Å². The van der Waals surface area contributed by atoms with Gasteiger partial charge in [-0.05, 0) is 48.0 Å². The van der Waals surface area contributed by atoms with Crippen LogP contribution in [0.3, 0.4) is 0 Å². The molecule has 1 aromatic carbocycles. The molecule has 0 radical (unpaired) electrons. The molecule has 3 N–H and O–H groups in total. The molecule has 94 valence electrons. The van der Waals surface area contributed by atoms with E-state index in [2.05, 4.69) is 21.0 Å². The minimum absolute atomic E-state index is 0.164. The van der Waals surface area contributed by atoms with Crippen LogP contribution in [0.15, 0.2) is 22.7 Å². The number of hydrogen-bond acceptors (Lipinski definition) is 3. The van der Waals surface area contributed by atoms with Crippen molar-refractivity contribution < 1.29 is 9.90 Å². The predicted molar refractivity (Wildman–Crippen MR) is 72.1 cm³/mol. The van der Waals surface area contributed by atoms with Crippen molar-refractivity contribution in [3.05, 3.63) is 39.6 Å². The lowest BCUT2D eigenvalue weighted by Gasteiger charge is -2.08. The summed E-state index contributed by atoms with van der Waals surface area (Å²) in [7, 11) is 0. The largest absolute Gasteiger partial charge is 0.478 e. The Bertz CT molecular complexity index is 634. The second-order valence-electron chi connectivity index (χ2n) is 3.98. The minimum atomic E-state index is -0.997. The summed E-state index contributed by atoms with van der Waals surface area (Å²) >= 11 is 3.44. The minimum Gasteiger partial charge on any atom is -0.478 e. The third kappa shape index (κ3) is 1.99. The van der Waals surface area contributed by atoms with Gasteiger partial charge in [0.2, 0.25) is 0 Å². The highest BCUT2D eigenvalue weighted by atomic mass is 79.9. The van der Waals surface area contributed by atoms with Crippen molar-refractivity contribution in [2.24, 2.45) is 0 Å². The molecule has 0 saturated heterocycles. The molecule has 2 aromatic rings. The summed E-state index contributed by atoms with van der Waals surface area (Å²) < 4.78 is 2.62. The van der Waals surface area contributed by atoms with E-state index in [1.807, 2.05) is 13.8 Å². The number of benzene rings is 1. The highest BCUT2D eigenvalue weighted by molar-refractivity contribution is 9.10. The number of aromatic nitrogens is 2. The zero-order chi connectivity index (χ0) is 13.4. The van der Waals surface area contributed by atoms with Crippen molar-refractivity contribution >= 4 is 27.6 Å². The van der Waals surface area contributed by atoms with Gasteiger partial charge in [-0.3, -0.25) is 0 Å². The summed E-state index contributed by atoms with van der Waals surface area (Å²) in [6.07, 6.45) is 0. The molecule has 5 nitrogen and oxygen atoms in total. The lowest BCUT2D eigenvalue weighted by Crippen LogP contribution is -2.05. The number of carbonyl (C=O) groups is 1. The zero-order valence-corrected chi connectivity index (χ0v) is 11.5. The maximum atomic E-state index is 10.8. The van der Waals surface area contributed by atoms with Crippen LogP contribution in [-0.4, -0.2) is 20.9 Å². The molecular weight excluding hydrogens is 298 g/mol. The van der Waals surface area contributed by atoms with E-state index in [4.69, 9.17) is 10.8 Å². The molecule has 1 aromatic heterocycles. The number of carboxylic acid groups (broad SMARTS) is 1. The van der Waals surface area contributed by atoms with Gasteiger partial charge >= 0.3 is 5.97 Å². The molecule has 1 heterocycles. The van der Waals surface area contributed by atoms with Gasteiger partial charge in [-0.25, -0.2) is 9.48 Å².